The number of carbonyl (C=O) groups is 1. The number of aliphatic imine (C=N–C) groups is 1. The molecule has 2 N–H and O–H groups in total. The summed E-state index contributed by atoms with van der Waals surface area (Å²) < 4.78 is 0. The van der Waals surface area contributed by atoms with Crippen LogP contribution in [0.15, 0.2) is 34.8 Å². The minimum Gasteiger partial charge on any atom is -0.506 e. The van der Waals surface area contributed by atoms with Gasteiger partial charge in [-0.25, -0.2) is 0 Å². The predicted octanol–water partition coefficient (Wildman–Crippen LogP) is 1.17. The van der Waals surface area contributed by atoms with E-state index in [2.05, 4.69) is 4.99 Å². The van der Waals surface area contributed by atoms with Crippen molar-refractivity contribution in [2.75, 3.05) is 6.73 Å². The maximum atomic E-state index is 11.7. The monoisotopic (exact) mass is 203 g/mol. The van der Waals surface area contributed by atoms with Gasteiger partial charge in [-0.2, -0.15) is 0 Å². The third-order valence-corrected chi connectivity index (χ3v) is 2.23. The number of aliphatic hydroxyl groups excluding tert-OH is 2. The van der Waals surface area contributed by atoms with E-state index in [-0.39, 0.29) is 17.1 Å². The van der Waals surface area contributed by atoms with E-state index in [0.29, 0.717) is 11.1 Å². The van der Waals surface area contributed by atoms with Gasteiger partial charge in [-0.15, -0.1) is 0 Å². The highest BCUT2D eigenvalue weighted by Crippen LogP contribution is 2.29. The first-order valence-electron chi connectivity index (χ1n) is 4.43. The van der Waals surface area contributed by atoms with Gasteiger partial charge >= 0.3 is 0 Å². The van der Waals surface area contributed by atoms with Gasteiger partial charge in [0.05, 0.1) is 5.57 Å². The summed E-state index contributed by atoms with van der Waals surface area (Å²) in [6, 6.07) is 6.79. The minimum absolute atomic E-state index is 0.0761. The fourth-order valence-electron chi connectivity index (χ4n) is 1.54. The molecule has 0 spiro atoms. The summed E-state index contributed by atoms with van der Waals surface area (Å²) in [6.07, 6.45) is 1.19. The number of hydrogen-bond acceptors (Lipinski definition) is 4. The van der Waals surface area contributed by atoms with Gasteiger partial charge in [0, 0.05) is 17.3 Å². The highest BCUT2D eigenvalue weighted by Gasteiger charge is 2.27. The smallest absolute Gasteiger partial charge is 0.199 e. The summed E-state index contributed by atoms with van der Waals surface area (Å²) in [5.74, 6) is -0.340. The van der Waals surface area contributed by atoms with Crippen molar-refractivity contribution in [2.24, 2.45) is 4.99 Å². The third-order valence-electron chi connectivity index (χ3n) is 2.23. The lowest BCUT2D eigenvalue weighted by atomic mass is 10.1. The number of benzene rings is 1. The van der Waals surface area contributed by atoms with E-state index in [1.165, 1.54) is 6.21 Å². The van der Waals surface area contributed by atoms with Crippen molar-refractivity contribution in [3.63, 3.8) is 0 Å². The number of nitrogens with zero attached hydrogens (tertiary/aromatic N) is 1. The van der Waals surface area contributed by atoms with Crippen molar-refractivity contribution in [1.82, 2.24) is 0 Å². The highest BCUT2D eigenvalue weighted by molar-refractivity contribution is 6.30. The first-order chi connectivity index (χ1) is 7.25. The van der Waals surface area contributed by atoms with Crippen LogP contribution in [0.3, 0.4) is 0 Å². The third kappa shape index (κ3) is 1.45. The van der Waals surface area contributed by atoms with Crippen molar-refractivity contribution < 1.29 is 15.0 Å². The number of ketones is 1. The number of rotatable bonds is 2. The largest absolute Gasteiger partial charge is 0.506 e. The Bertz CT molecular complexity index is 474. The number of aliphatic hydroxyl groups is 2. The molecule has 15 heavy (non-hydrogen) atoms. The highest BCUT2D eigenvalue weighted by atomic mass is 16.3. The molecule has 0 fully saturated rings. The van der Waals surface area contributed by atoms with Gasteiger partial charge in [-0.3, -0.25) is 9.79 Å². The molecule has 0 bridgehead atoms. The minimum atomic E-state index is -0.402. The van der Waals surface area contributed by atoms with Crippen molar-refractivity contribution >= 4 is 17.8 Å². The van der Waals surface area contributed by atoms with E-state index < -0.39 is 6.73 Å². The van der Waals surface area contributed by atoms with Crippen LogP contribution >= 0.6 is 0 Å². The van der Waals surface area contributed by atoms with Crippen LogP contribution in [0.2, 0.25) is 0 Å². The van der Waals surface area contributed by atoms with Crippen LogP contribution in [0.5, 0.6) is 0 Å². The van der Waals surface area contributed by atoms with Crippen LogP contribution in [-0.2, 0) is 0 Å². The van der Waals surface area contributed by atoms with Gasteiger partial charge in [0.25, 0.3) is 0 Å². The van der Waals surface area contributed by atoms with E-state index >= 15 is 0 Å². The zero-order valence-corrected chi connectivity index (χ0v) is 7.84. The van der Waals surface area contributed by atoms with E-state index in [1.807, 2.05) is 0 Å². The molecule has 1 aromatic rings. The van der Waals surface area contributed by atoms with Gasteiger partial charge in [0.15, 0.2) is 5.78 Å². The molecule has 0 saturated heterocycles. The second-order valence-corrected chi connectivity index (χ2v) is 3.09. The summed E-state index contributed by atoms with van der Waals surface area (Å²) in [6.45, 7) is -0.402. The van der Waals surface area contributed by atoms with Gasteiger partial charge in [-0.05, 0) is 0 Å². The van der Waals surface area contributed by atoms with Crippen molar-refractivity contribution in [3.8, 4) is 0 Å². The van der Waals surface area contributed by atoms with Crippen LogP contribution in [0.25, 0.3) is 5.76 Å². The lowest BCUT2D eigenvalue weighted by molar-refractivity contribution is 0.104. The van der Waals surface area contributed by atoms with Crippen LogP contribution in [0.1, 0.15) is 15.9 Å². The quantitative estimate of drug-likeness (QED) is 0.709. The van der Waals surface area contributed by atoms with Gasteiger partial charge in [-0.1, -0.05) is 24.3 Å². The number of hydrogen-bond donors (Lipinski definition) is 2. The zero-order chi connectivity index (χ0) is 10.8. The Morgan fingerprint density at radius 1 is 1.27 bits per heavy atom. The molecule has 0 aromatic heterocycles. The molecule has 0 saturated carbocycles. The summed E-state index contributed by atoms with van der Waals surface area (Å²) >= 11 is 0. The average molecular weight is 203 g/mol. The molecule has 4 nitrogen and oxygen atoms in total. The molecule has 1 aliphatic rings. The Balaban J connectivity index is 2.50. The molecule has 1 aliphatic carbocycles. The molecular formula is C11H9NO3. The number of allylic oxidation sites excluding steroid dienone is 1. The van der Waals surface area contributed by atoms with Crippen molar-refractivity contribution in [1.29, 1.82) is 0 Å². The first-order valence-corrected chi connectivity index (χ1v) is 4.43. The SMILES string of the molecule is O=C1C(/C=N/CO)=C(O)c2ccccc21. The van der Waals surface area contributed by atoms with Crippen molar-refractivity contribution in [2.45, 2.75) is 0 Å². The van der Waals surface area contributed by atoms with Crippen LogP contribution in [-0.4, -0.2) is 28.9 Å². The lowest BCUT2D eigenvalue weighted by Crippen LogP contribution is -2.00. The topological polar surface area (TPSA) is 69.9 Å². The molecule has 1 aromatic carbocycles. The maximum absolute atomic E-state index is 11.7. The average Bonchev–Trinajstić information content (AvgIpc) is 2.51. The van der Waals surface area contributed by atoms with Crippen LogP contribution in [0.4, 0.5) is 0 Å². The fourth-order valence-corrected chi connectivity index (χ4v) is 1.54. The van der Waals surface area contributed by atoms with E-state index in [1.54, 1.807) is 24.3 Å². The molecule has 0 atom stereocenters. The Hall–Kier alpha value is -1.94. The standard InChI is InChI=1S/C11H9NO3/c13-6-12-5-9-10(14)7-3-1-2-4-8(7)11(9)15/h1-5,13-14H,6H2/b12-5+. The van der Waals surface area contributed by atoms with E-state index in [0.717, 1.165) is 0 Å². The Kier molecular flexibility index (Phi) is 2.35. The fraction of sp³-hybridized carbons (Fsp3) is 0.0909. The Morgan fingerprint density at radius 2 is 1.93 bits per heavy atom. The molecule has 0 unspecified atom stereocenters. The molecule has 0 heterocycles. The molecule has 0 amide bonds. The zero-order valence-electron chi connectivity index (χ0n) is 7.84. The number of carbonyl (C=O) groups excluding carboxylic acids is 1. The molecule has 0 aliphatic heterocycles. The van der Waals surface area contributed by atoms with E-state index in [4.69, 9.17) is 5.11 Å². The molecule has 76 valence electrons. The summed E-state index contributed by atoms with van der Waals surface area (Å²) in [5, 5.41) is 18.2. The normalized spacial score (nSPS) is 15.1. The van der Waals surface area contributed by atoms with Crippen molar-refractivity contribution in [3.05, 3.63) is 41.0 Å². The predicted molar refractivity (Wildman–Crippen MR) is 55.9 cm³/mol. The van der Waals surface area contributed by atoms with Gasteiger partial charge in [0.1, 0.15) is 12.5 Å². The summed E-state index contributed by atoms with van der Waals surface area (Å²) in [7, 11) is 0. The second kappa shape index (κ2) is 3.67. The Morgan fingerprint density at radius 3 is 2.53 bits per heavy atom. The first kappa shape index (κ1) is 9.61. The molecule has 0 radical (unpaired) electrons. The molecular weight excluding hydrogens is 194 g/mol. The second-order valence-electron chi connectivity index (χ2n) is 3.09. The number of Topliss-reactive ketones (excluding diaryl/α,β-unsaturated/α-hetero) is 1. The molecule has 2 rings (SSSR count). The summed E-state index contributed by atoms with van der Waals surface area (Å²) in [4.78, 5) is 15.3. The molecule has 4 heteroatoms. The maximum Gasteiger partial charge on any atom is 0.199 e. The number of fused-ring (bicyclic) bond motifs is 1. The van der Waals surface area contributed by atoms with E-state index in [9.17, 15) is 9.90 Å². The van der Waals surface area contributed by atoms with Gasteiger partial charge < -0.3 is 10.2 Å². The van der Waals surface area contributed by atoms with Crippen LogP contribution in [0, 0.1) is 0 Å². The Labute approximate surface area is 86.2 Å². The van der Waals surface area contributed by atoms with Crippen LogP contribution < -0.4 is 0 Å². The lowest BCUT2D eigenvalue weighted by Gasteiger charge is -1.95. The summed E-state index contributed by atoms with van der Waals surface area (Å²) in [5.41, 5.74) is 1.11. The van der Waals surface area contributed by atoms with Gasteiger partial charge in [0.2, 0.25) is 0 Å².